The number of carbonyl (C=O) groups is 1. The normalized spacial score (nSPS) is 14.7. The molecule has 3 aromatic carbocycles. The van der Waals surface area contributed by atoms with E-state index in [1.807, 2.05) is 74.5 Å². The molecule has 5 rings (SSSR count). The van der Waals surface area contributed by atoms with Crippen molar-refractivity contribution < 1.29 is 23.7 Å². The van der Waals surface area contributed by atoms with Gasteiger partial charge in [-0.25, -0.2) is 9.79 Å². The van der Waals surface area contributed by atoms with Crippen molar-refractivity contribution in [2.75, 3.05) is 13.7 Å². The predicted octanol–water partition coefficient (Wildman–Crippen LogP) is 5.83. The lowest BCUT2D eigenvalue weighted by atomic mass is 9.95. The van der Waals surface area contributed by atoms with E-state index in [0.717, 1.165) is 11.1 Å². The molecule has 1 aromatic heterocycles. The van der Waals surface area contributed by atoms with Gasteiger partial charge >= 0.3 is 5.97 Å². The quantitative estimate of drug-likeness (QED) is 0.205. The highest BCUT2D eigenvalue weighted by atomic mass is 35.5. The Morgan fingerprint density at radius 2 is 1.84 bits per heavy atom. The minimum Gasteiger partial charge on any atom is -0.493 e. The zero-order chi connectivity index (χ0) is 31.4. The van der Waals surface area contributed by atoms with Gasteiger partial charge in [-0.3, -0.25) is 9.36 Å². The van der Waals surface area contributed by atoms with Gasteiger partial charge in [0.25, 0.3) is 5.56 Å². The largest absolute Gasteiger partial charge is 0.493 e. The molecule has 2 heterocycles. The maximum absolute atomic E-state index is 14.0. The van der Waals surface area contributed by atoms with E-state index in [1.165, 1.54) is 11.3 Å². The van der Waals surface area contributed by atoms with Gasteiger partial charge in [0.2, 0.25) is 0 Å². The van der Waals surface area contributed by atoms with Gasteiger partial charge in [0, 0.05) is 10.6 Å². The number of halogens is 1. The first-order valence-electron chi connectivity index (χ1n) is 14.2. The molecule has 1 atom stereocenters. The van der Waals surface area contributed by atoms with Gasteiger partial charge in [0.15, 0.2) is 16.3 Å². The number of hydrogen-bond acceptors (Lipinski definition) is 8. The number of nitrogens with zero attached hydrogens (tertiary/aromatic N) is 2. The first kappa shape index (κ1) is 31.1. The molecule has 0 aliphatic carbocycles. The van der Waals surface area contributed by atoms with Crippen LogP contribution in [0, 0.1) is 0 Å². The molecule has 0 radical (unpaired) electrons. The third-order valence-corrected chi connectivity index (χ3v) is 8.26. The van der Waals surface area contributed by atoms with Crippen LogP contribution in [0.25, 0.3) is 6.08 Å². The van der Waals surface area contributed by atoms with Crippen molar-refractivity contribution in [3.63, 3.8) is 0 Å². The van der Waals surface area contributed by atoms with Gasteiger partial charge in [-0.15, -0.1) is 0 Å². The van der Waals surface area contributed by atoms with Crippen LogP contribution in [-0.4, -0.2) is 30.4 Å². The van der Waals surface area contributed by atoms with Crippen LogP contribution in [0.5, 0.6) is 17.2 Å². The number of carbonyl (C=O) groups excluding carboxylic acids is 1. The van der Waals surface area contributed by atoms with E-state index in [4.69, 9.17) is 30.5 Å². The summed E-state index contributed by atoms with van der Waals surface area (Å²) in [5, 5.41) is 0.650. The summed E-state index contributed by atoms with van der Waals surface area (Å²) in [5.74, 6) is 1.21. The van der Waals surface area contributed by atoms with Crippen LogP contribution < -0.4 is 29.1 Å². The lowest BCUT2D eigenvalue weighted by molar-refractivity contribution is -0.139. The average molecular weight is 633 g/mol. The highest BCUT2D eigenvalue weighted by molar-refractivity contribution is 7.07. The smallest absolute Gasteiger partial charge is 0.338 e. The van der Waals surface area contributed by atoms with E-state index in [9.17, 15) is 9.59 Å². The number of thiazole rings is 1. The number of allylic oxidation sites excluding steroid dienone is 1. The van der Waals surface area contributed by atoms with E-state index < -0.39 is 12.0 Å². The van der Waals surface area contributed by atoms with Crippen molar-refractivity contribution in [2.24, 2.45) is 4.99 Å². The van der Waals surface area contributed by atoms with Crippen LogP contribution in [-0.2, 0) is 16.1 Å². The summed E-state index contributed by atoms with van der Waals surface area (Å²) >= 11 is 7.50. The first-order chi connectivity index (χ1) is 21.2. The number of methoxy groups -OCH3 is 1. The summed E-state index contributed by atoms with van der Waals surface area (Å²) < 4.78 is 24.8. The number of fused-ring (bicyclic) bond motifs is 1. The summed E-state index contributed by atoms with van der Waals surface area (Å²) in [6.07, 6.45) is 1.75. The van der Waals surface area contributed by atoms with Crippen LogP contribution in [0.2, 0.25) is 5.02 Å². The summed E-state index contributed by atoms with van der Waals surface area (Å²) in [7, 11) is 1.55. The fourth-order valence-corrected chi connectivity index (χ4v) is 6.14. The molecule has 0 N–H and O–H groups in total. The third-order valence-electron chi connectivity index (χ3n) is 6.91. The minimum atomic E-state index is -0.768. The molecule has 0 saturated carbocycles. The maximum atomic E-state index is 14.0. The van der Waals surface area contributed by atoms with E-state index in [-0.39, 0.29) is 18.3 Å². The molecule has 1 aliphatic heterocycles. The molecule has 0 spiro atoms. The van der Waals surface area contributed by atoms with Crippen LogP contribution >= 0.6 is 22.9 Å². The van der Waals surface area contributed by atoms with Crippen molar-refractivity contribution in [1.29, 1.82) is 0 Å². The van der Waals surface area contributed by atoms with Crippen molar-refractivity contribution in [2.45, 2.75) is 46.4 Å². The number of rotatable bonds is 10. The van der Waals surface area contributed by atoms with Crippen LogP contribution in [0.4, 0.5) is 0 Å². The Morgan fingerprint density at radius 1 is 1.09 bits per heavy atom. The zero-order valence-electron chi connectivity index (χ0n) is 25.1. The van der Waals surface area contributed by atoms with Gasteiger partial charge in [-0.1, -0.05) is 59.3 Å². The van der Waals surface area contributed by atoms with E-state index >= 15 is 0 Å². The molecule has 228 valence electrons. The first-order valence-corrected chi connectivity index (χ1v) is 15.4. The SMILES string of the molecule is CCOC(=O)C1=C(C)N=c2s/c(=C\c3ccc(OCc4ccccc4Cl)cc3)c(=O)n2[C@@H]1c1ccc(OC(C)C)c(OC)c1. The molecular formula is C34H33ClN2O6S. The summed E-state index contributed by atoms with van der Waals surface area (Å²) in [6.45, 7) is 7.89. The summed E-state index contributed by atoms with van der Waals surface area (Å²) in [6, 6.07) is 19.6. The minimum absolute atomic E-state index is 0.0624. The number of ether oxygens (including phenoxy) is 4. The molecule has 1 aliphatic rings. The van der Waals surface area contributed by atoms with Crippen LogP contribution in [0.15, 0.2) is 87.8 Å². The highest BCUT2D eigenvalue weighted by Gasteiger charge is 2.34. The van der Waals surface area contributed by atoms with Gasteiger partial charge in [0.1, 0.15) is 12.4 Å². The highest BCUT2D eigenvalue weighted by Crippen LogP contribution is 2.36. The lowest BCUT2D eigenvalue weighted by Gasteiger charge is -2.25. The number of esters is 1. The van der Waals surface area contributed by atoms with Gasteiger partial charge in [-0.05, 0) is 75.2 Å². The van der Waals surface area contributed by atoms with Crippen LogP contribution in [0.1, 0.15) is 50.4 Å². The van der Waals surface area contributed by atoms with Gasteiger partial charge in [-0.2, -0.15) is 0 Å². The number of hydrogen-bond donors (Lipinski definition) is 0. The van der Waals surface area contributed by atoms with E-state index in [2.05, 4.69) is 4.99 Å². The molecular weight excluding hydrogens is 600 g/mol. The second kappa shape index (κ2) is 13.5. The lowest BCUT2D eigenvalue weighted by Crippen LogP contribution is -2.40. The topological polar surface area (TPSA) is 88.4 Å². The molecule has 4 aromatic rings. The fraction of sp³-hybridized carbons (Fsp3) is 0.265. The van der Waals surface area contributed by atoms with Crippen LogP contribution in [0.3, 0.4) is 0 Å². The molecule has 8 nitrogen and oxygen atoms in total. The molecule has 0 unspecified atom stereocenters. The second-order valence-electron chi connectivity index (χ2n) is 10.3. The Balaban J connectivity index is 1.53. The second-order valence-corrected chi connectivity index (χ2v) is 11.7. The van der Waals surface area contributed by atoms with Crippen molar-refractivity contribution in [3.8, 4) is 17.2 Å². The van der Waals surface area contributed by atoms with Gasteiger partial charge < -0.3 is 18.9 Å². The molecule has 10 heteroatoms. The molecule has 0 saturated heterocycles. The fourth-order valence-electron chi connectivity index (χ4n) is 4.90. The molecule has 44 heavy (non-hydrogen) atoms. The Morgan fingerprint density at radius 3 is 2.52 bits per heavy atom. The summed E-state index contributed by atoms with van der Waals surface area (Å²) in [5.41, 5.74) is 2.89. The Bertz CT molecular complexity index is 1890. The van der Waals surface area contributed by atoms with Crippen molar-refractivity contribution in [1.82, 2.24) is 4.57 Å². The Hall–Kier alpha value is -4.34. The molecule has 0 fully saturated rings. The number of benzene rings is 3. The third kappa shape index (κ3) is 6.59. The number of aromatic nitrogens is 1. The molecule has 0 amide bonds. The Kier molecular flexibility index (Phi) is 9.56. The molecule has 0 bridgehead atoms. The maximum Gasteiger partial charge on any atom is 0.338 e. The summed E-state index contributed by atoms with van der Waals surface area (Å²) in [4.78, 5) is 32.4. The predicted molar refractivity (Wildman–Crippen MR) is 171 cm³/mol. The zero-order valence-corrected chi connectivity index (χ0v) is 26.7. The average Bonchev–Trinajstić information content (AvgIpc) is 3.30. The van der Waals surface area contributed by atoms with Gasteiger partial charge in [0.05, 0.1) is 41.7 Å². The van der Waals surface area contributed by atoms with Crippen molar-refractivity contribution in [3.05, 3.63) is 119 Å². The Labute approximate surface area is 264 Å². The van der Waals surface area contributed by atoms with E-state index in [0.29, 0.717) is 55.0 Å². The van der Waals surface area contributed by atoms with Crippen molar-refractivity contribution >= 4 is 35.0 Å². The van der Waals surface area contributed by atoms with E-state index in [1.54, 1.807) is 37.7 Å². The standard InChI is InChI=1S/C34H33ClN2O6S/c1-6-41-33(39)30-21(4)36-34-37(31(30)23-13-16-27(43-20(2)3)28(18-23)40-5)32(38)29(44-34)17-22-11-14-25(15-12-22)42-19-24-9-7-8-10-26(24)35/h7-18,20,31H,6,19H2,1-5H3/b29-17-/t31-/m1/s1. The monoisotopic (exact) mass is 632 g/mol.